The number of hydrogen-bond donors (Lipinski definition) is 0. The number of hydrogen-bond acceptors (Lipinski definition) is 0. The lowest BCUT2D eigenvalue weighted by Crippen LogP contribution is -2.13. The number of rotatable bonds is 4. The lowest BCUT2D eigenvalue weighted by molar-refractivity contribution is 0.329. The van der Waals surface area contributed by atoms with Crippen LogP contribution in [-0.2, 0) is 0 Å². The van der Waals surface area contributed by atoms with Crippen LogP contribution in [0, 0.1) is 5.92 Å². The summed E-state index contributed by atoms with van der Waals surface area (Å²) in [7, 11) is 0. The highest BCUT2D eigenvalue weighted by molar-refractivity contribution is 5.68. The fraction of sp³-hybridized carbons (Fsp3) is 0.333. The molecule has 1 aliphatic carbocycles. The van der Waals surface area contributed by atoms with Crippen LogP contribution in [0.3, 0.4) is 0 Å². The summed E-state index contributed by atoms with van der Waals surface area (Å²) in [5.41, 5.74) is 4.31. The summed E-state index contributed by atoms with van der Waals surface area (Å²) in [6.45, 7) is 3.89. The van der Waals surface area contributed by atoms with Crippen LogP contribution in [0.15, 0.2) is 67.3 Å². The predicted molar refractivity (Wildman–Crippen MR) is 91.4 cm³/mol. The van der Waals surface area contributed by atoms with Crippen molar-refractivity contribution in [2.75, 3.05) is 0 Å². The minimum absolute atomic E-state index is 0.725. The molecule has 0 bridgehead atoms. The fourth-order valence-corrected chi connectivity index (χ4v) is 3.68. The molecule has 21 heavy (non-hydrogen) atoms. The summed E-state index contributed by atoms with van der Waals surface area (Å²) in [5.74, 6) is 1.59. The van der Waals surface area contributed by atoms with Crippen molar-refractivity contribution >= 4 is 0 Å². The largest absolute Gasteiger partial charge is 0.103 e. The highest BCUT2D eigenvalue weighted by Crippen LogP contribution is 2.40. The van der Waals surface area contributed by atoms with Gasteiger partial charge >= 0.3 is 0 Å². The van der Waals surface area contributed by atoms with E-state index in [1.165, 1.54) is 43.2 Å². The van der Waals surface area contributed by atoms with Crippen LogP contribution in [-0.4, -0.2) is 0 Å². The summed E-state index contributed by atoms with van der Waals surface area (Å²) < 4.78 is 0. The second-order valence-corrected chi connectivity index (χ2v) is 6.20. The molecule has 2 aromatic rings. The van der Waals surface area contributed by atoms with Gasteiger partial charge in [0, 0.05) is 0 Å². The monoisotopic (exact) mass is 276 g/mol. The van der Waals surface area contributed by atoms with Gasteiger partial charge in [-0.15, -0.1) is 6.58 Å². The SMILES string of the molecule is C=CCC1CCC(c2ccccc2-c2ccccc2)CC1. The summed E-state index contributed by atoms with van der Waals surface area (Å²) in [6.07, 6.45) is 8.61. The fourth-order valence-electron chi connectivity index (χ4n) is 3.68. The maximum atomic E-state index is 3.89. The Hall–Kier alpha value is -1.82. The highest BCUT2D eigenvalue weighted by atomic mass is 14.3. The third-order valence-corrected chi connectivity index (χ3v) is 4.83. The molecule has 0 aliphatic heterocycles. The van der Waals surface area contributed by atoms with Crippen LogP contribution in [0.5, 0.6) is 0 Å². The Kier molecular flexibility index (Phi) is 4.55. The molecule has 0 unspecified atom stereocenters. The van der Waals surface area contributed by atoms with Crippen LogP contribution >= 0.6 is 0 Å². The van der Waals surface area contributed by atoms with Gasteiger partial charge in [0.25, 0.3) is 0 Å². The van der Waals surface area contributed by atoms with Crippen molar-refractivity contribution in [2.45, 2.75) is 38.0 Å². The van der Waals surface area contributed by atoms with Gasteiger partial charge in [0.2, 0.25) is 0 Å². The zero-order valence-corrected chi connectivity index (χ0v) is 12.7. The van der Waals surface area contributed by atoms with Gasteiger partial charge in [0.15, 0.2) is 0 Å². The minimum atomic E-state index is 0.725. The predicted octanol–water partition coefficient (Wildman–Crippen LogP) is 6.20. The maximum Gasteiger partial charge on any atom is -0.0149 e. The first kappa shape index (κ1) is 14.1. The highest BCUT2D eigenvalue weighted by Gasteiger charge is 2.23. The molecule has 1 aliphatic rings. The van der Waals surface area contributed by atoms with Crippen LogP contribution in [0.2, 0.25) is 0 Å². The molecule has 0 heterocycles. The molecule has 1 fully saturated rings. The Morgan fingerprint density at radius 2 is 1.52 bits per heavy atom. The van der Waals surface area contributed by atoms with Crippen LogP contribution in [0.4, 0.5) is 0 Å². The van der Waals surface area contributed by atoms with Gasteiger partial charge in [-0.25, -0.2) is 0 Å². The van der Waals surface area contributed by atoms with E-state index < -0.39 is 0 Å². The van der Waals surface area contributed by atoms with Gasteiger partial charge in [-0.05, 0) is 60.6 Å². The first-order valence-corrected chi connectivity index (χ1v) is 8.13. The van der Waals surface area contributed by atoms with Crippen molar-refractivity contribution in [3.63, 3.8) is 0 Å². The minimum Gasteiger partial charge on any atom is -0.103 e. The van der Waals surface area contributed by atoms with Crippen molar-refractivity contribution in [1.29, 1.82) is 0 Å². The van der Waals surface area contributed by atoms with E-state index in [4.69, 9.17) is 0 Å². The Morgan fingerprint density at radius 3 is 2.24 bits per heavy atom. The van der Waals surface area contributed by atoms with E-state index in [-0.39, 0.29) is 0 Å². The topological polar surface area (TPSA) is 0 Å². The van der Waals surface area contributed by atoms with E-state index in [1.54, 1.807) is 5.56 Å². The summed E-state index contributed by atoms with van der Waals surface area (Å²) in [4.78, 5) is 0. The van der Waals surface area contributed by atoms with Gasteiger partial charge in [-0.2, -0.15) is 0 Å². The summed E-state index contributed by atoms with van der Waals surface area (Å²) in [5, 5.41) is 0. The van der Waals surface area contributed by atoms with E-state index in [0.29, 0.717) is 0 Å². The normalized spacial score (nSPS) is 21.9. The van der Waals surface area contributed by atoms with Crippen molar-refractivity contribution in [2.24, 2.45) is 5.92 Å². The van der Waals surface area contributed by atoms with E-state index in [9.17, 15) is 0 Å². The van der Waals surface area contributed by atoms with Gasteiger partial charge in [0.05, 0.1) is 0 Å². The zero-order valence-electron chi connectivity index (χ0n) is 12.7. The first-order valence-electron chi connectivity index (χ1n) is 8.13. The molecule has 0 spiro atoms. The van der Waals surface area contributed by atoms with Crippen molar-refractivity contribution < 1.29 is 0 Å². The molecular weight excluding hydrogens is 252 g/mol. The quantitative estimate of drug-likeness (QED) is 0.583. The van der Waals surface area contributed by atoms with E-state index in [2.05, 4.69) is 67.3 Å². The second kappa shape index (κ2) is 6.76. The average Bonchev–Trinajstić information content (AvgIpc) is 2.57. The van der Waals surface area contributed by atoms with Crippen LogP contribution in [0.25, 0.3) is 11.1 Å². The standard InChI is InChI=1S/C21H24/c1-2-8-17-13-15-19(16-14-17)21-12-7-6-11-20(21)18-9-4-3-5-10-18/h2-7,9-12,17,19H,1,8,13-16H2. The molecule has 1 saturated carbocycles. The van der Waals surface area contributed by atoms with Crippen molar-refractivity contribution in [3.05, 3.63) is 72.8 Å². The molecule has 3 rings (SSSR count). The Balaban J connectivity index is 1.82. The van der Waals surface area contributed by atoms with Gasteiger partial charge in [-0.1, -0.05) is 60.7 Å². The van der Waals surface area contributed by atoms with Gasteiger partial charge in [0.1, 0.15) is 0 Å². The molecule has 0 saturated heterocycles. The third kappa shape index (κ3) is 3.26. The van der Waals surface area contributed by atoms with E-state index in [0.717, 1.165) is 11.8 Å². The molecule has 108 valence electrons. The summed E-state index contributed by atoms with van der Waals surface area (Å²) >= 11 is 0. The molecular formula is C21H24. The van der Waals surface area contributed by atoms with Crippen LogP contribution in [0.1, 0.15) is 43.6 Å². The summed E-state index contributed by atoms with van der Waals surface area (Å²) in [6, 6.07) is 19.8. The van der Waals surface area contributed by atoms with Gasteiger partial charge < -0.3 is 0 Å². The van der Waals surface area contributed by atoms with E-state index >= 15 is 0 Å². The molecule has 0 N–H and O–H groups in total. The van der Waals surface area contributed by atoms with Gasteiger partial charge in [-0.3, -0.25) is 0 Å². The Morgan fingerprint density at radius 1 is 0.857 bits per heavy atom. The lowest BCUT2D eigenvalue weighted by atomic mass is 9.76. The Labute approximate surface area is 128 Å². The van der Waals surface area contributed by atoms with E-state index in [1.807, 2.05) is 0 Å². The molecule has 0 atom stereocenters. The molecule has 0 aromatic heterocycles. The van der Waals surface area contributed by atoms with Crippen molar-refractivity contribution in [3.8, 4) is 11.1 Å². The second-order valence-electron chi connectivity index (χ2n) is 6.20. The maximum absolute atomic E-state index is 3.89. The molecule has 0 amide bonds. The molecule has 0 nitrogen and oxygen atoms in total. The number of allylic oxidation sites excluding steroid dienone is 1. The third-order valence-electron chi connectivity index (χ3n) is 4.83. The van der Waals surface area contributed by atoms with Crippen LogP contribution < -0.4 is 0 Å². The lowest BCUT2D eigenvalue weighted by Gasteiger charge is -2.29. The molecule has 0 radical (unpaired) electrons. The first-order chi connectivity index (χ1) is 10.4. The Bertz CT molecular complexity index is 574. The molecule has 2 aromatic carbocycles. The smallest absolute Gasteiger partial charge is 0.0149 e. The average molecular weight is 276 g/mol. The number of benzene rings is 2. The van der Waals surface area contributed by atoms with Crippen molar-refractivity contribution in [1.82, 2.24) is 0 Å². The molecule has 0 heteroatoms. The zero-order chi connectivity index (χ0) is 14.5.